The Kier molecular flexibility index (Phi) is 6.27. The molecule has 2 amide bonds. The lowest BCUT2D eigenvalue weighted by Crippen LogP contribution is -2.35. The zero-order chi connectivity index (χ0) is 19.2. The Bertz CT molecular complexity index is 792. The number of carbonyl (C=O) groups is 2. The first-order chi connectivity index (χ1) is 13.2. The number of nitrogens with zero attached hydrogens (tertiary/aromatic N) is 3. The van der Waals surface area contributed by atoms with Gasteiger partial charge in [-0.05, 0) is 44.2 Å². The number of carbonyl (C=O) groups excluding carboxylic acids is 2. The van der Waals surface area contributed by atoms with Crippen LogP contribution in [0.3, 0.4) is 0 Å². The fourth-order valence-electron chi connectivity index (χ4n) is 3.60. The molecule has 2 aromatic rings. The molecular weight excluding hydrogens is 340 g/mol. The number of rotatable bonds is 7. The lowest BCUT2D eigenvalue weighted by atomic mass is 10.1. The van der Waals surface area contributed by atoms with Crippen molar-refractivity contribution in [2.75, 3.05) is 18.4 Å². The van der Waals surface area contributed by atoms with E-state index in [1.807, 2.05) is 39.8 Å². The normalized spacial score (nSPS) is 13.1. The Morgan fingerprint density at radius 3 is 2.48 bits per heavy atom. The molecule has 3 rings (SSSR count). The van der Waals surface area contributed by atoms with Gasteiger partial charge in [0, 0.05) is 25.3 Å². The van der Waals surface area contributed by atoms with Crippen molar-refractivity contribution in [1.29, 1.82) is 0 Å². The van der Waals surface area contributed by atoms with E-state index in [0.717, 1.165) is 50.0 Å². The van der Waals surface area contributed by atoms with Gasteiger partial charge in [-0.2, -0.15) is 0 Å². The Morgan fingerprint density at radius 2 is 1.81 bits per heavy atom. The average Bonchev–Trinajstić information content (AvgIpc) is 3.08. The smallest absolute Gasteiger partial charge is 0.289 e. The predicted molar refractivity (Wildman–Crippen MR) is 106 cm³/mol. The van der Waals surface area contributed by atoms with E-state index in [0.29, 0.717) is 24.6 Å². The zero-order valence-electron chi connectivity index (χ0n) is 16.2. The number of hydrogen-bond acceptors (Lipinski definition) is 3. The van der Waals surface area contributed by atoms with E-state index in [1.165, 1.54) is 0 Å². The fourth-order valence-corrected chi connectivity index (χ4v) is 3.60. The van der Waals surface area contributed by atoms with E-state index in [4.69, 9.17) is 0 Å². The predicted octanol–water partition coefficient (Wildman–Crippen LogP) is 3.73. The van der Waals surface area contributed by atoms with E-state index in [1.54, 1.807) is 0 Å². The molecule has 27 heavy (non-hydrogen) atoms. The van der Waals surface area contributed by atoms with Gasteiger partial charge in [-0.3, -0.25) is 9.59 Å². The molecule has 0 fully saturated rings. The monoisotopic (exact) mass is 368 g/mol. The van der Waals surface area contributed by atoms with Crippen LogP contribution in [0.4, 0.5) is 5.69 Å². The molecule has 1 N–H and O–H groups in total. The zero-order valence-corrected chi connectivity index (χ0v) is 16.2. The first-order valence-corrected chi connectivity index (χ1v) is 9.90. The standard InChI is InChI=1S/C21H28N4O2/c1-3-13-24(14-4-2)21(27)19-23-18(17-12-8-9-15-25(17)19)20(26)22-16-10-6-5-7-11-16/h5-7,10-11H,3-4,8-9,12-15H2,1-2H3,(H,22,26). The summed E-state index contributed by atoms with van der Waals surface area (Å²) in [5, 5.41) is 2.90. The quantitative estimate of drug-likeness (QED) is 0.810. The number of aromatic nitrogens is 2. The summed E-state index contributed by atoms with van der Waals surface area (Å²) in [5.41, 5.74) is 1.99. The lowest BCUT2D eigenvalue weighted by Gasteiger charge is -2.23. The highest BCUT2D eigenvalue weighted by atomic mass is 16.2. The summed E-state index contributed by atoms with van der Waals surface area (Å²) in [6.45, 7) is 6.29. The topological polar surface area (TPSA) is 67.2 Å². The van der Waals surface area contributed by atoms with Crippen molar-refractivity contribution >= 4 is 17.5 Å². The van der Waals surface area contributed by atoms with E-state index in [-0.39, 0.29) is 11.8 Å². The van der Waals surface area contributed by atoms with E-state index in [2.05, 4.69) is 24.1 Å². The number of benzene rings is 1. The summed E-state index contributed by atoms with van der Waals surface area (Å²) in [6, 6.07) is 9.34. The Balaban J connectivity index is 1.92. The molecule has 0 bridgehead atoms. The lowest BCUT2D eigenvalue weighted by molar-refractivity contribution is 0.0737. The molecule has 0 saturated heterocycles. The number of anilines is 1. The molecule has 1 aliphatic heterocycles. The molecule has 2 heterocycles. The van der Waals surface area contributed by atoms with Gasteiger partial charge in [-0.15, -0.1) is 0 Å². The molecule has 0 unspecified atom stereocenters. The molecule has 0 radical (unpaired) electrons. The molecule has 0 saturated carbocycles. The maximum absolute atomic E-state index is 13.1. The second-order valence-electron chi connectivity index (χ2n) is 6.95. The molecule has 6 nitrogen and oxygen atoms in total. The van der Waals surface area contributed by atoms with Crippen molar-refractivity contribution in [2.24, 2.45) is 0 Å². The van der Waals surface area contributed by atoms with Crippen LogP contribution in [-0.2, 0) is 13.0 Å². The maximum Gasteiger partial charge on any atom is 0.289 e. The average molecular weight is 368 g/mol. The van der Waals surface area contributed by atoms with Gasteiger partial charge in [-0.25, -0.2) is 4.98 Å². The van der Waals surface area contributed by atoms with Crippen LogP contribution in [0.1, 0.15) is 66.3 Å². The van der Waals surface area contributed by atoms with Crippen molar-refractivity contribution in [3.05, 3.63) is 47.5 Å². The third-order valence-electron chi connectivity index (χ3n) is 4.83. The van der Waals surface area contributed by atoms with Crippen LogP contribution >= 0.6 is 0 Å². The highest BCUT2D eigenvalue weighted by molar-refractivity contribution is 6.05. The maximum atomic E-state index is 13.1. The first kappa shape index (κ1) is 19.1. The van der Waals surface area contributed by atoms with Crippen molar-refractivity contribution in [2.45, 2.75) is 52.5 Å². The summed E-state index contributed by atoms with van der Waals surface area (Å²) in [6.07, 6.45) is 4.60. The summed E-state index contributed by atoms with van der Waals surface area (Å²) >= 11 is 0. The molecule has 0 spiro atoms. The molecule has 1 aromatic carbocycles. The fraction of sp³-hybridized carbons (Fsp3) is 0.476. The third-order valence-corrected chi connectivity index (χ3v) is 4.83. The van der Waals surface area contributed by atoms with Gasteiger partial charge in [-0.1, -0.05) is 32.0 Å². The van der Waals surface area contributed by atoms with Crippen LogP contribution in [0.2, 0.25) is 0 Å². The number of hydrogen-bond donors (Lipinski definition) is 1. The third kappa shape index (κ3) is 4.21. The number of imidazole rings is 1. The molecule has 1 aliphatic rings. The minimum atomic E-state index is -0.247. The molecular formula is C21H28N4O2. The molecule has 6 heteroatoms. The Morgan fingerprint density at radius 1 is 1.11 bits per heavy atom. The molecule has 144 valence electrons. The van der Waals surface area contributed by atoms with Gasteiger partial charge >= 0.3 is 0 Å². The summed E-state index contributed by atoms with van der Waals surface area (Å²) in [5.74, 6) is 0.0915. The second kappa shape index (κ2) is 8.84. The van der Waals surface area contributed by atoms with Crippen LogP contribution < -0.4 is 5.32 Å². The van der Waals surface area contributed by atoms with Gasteiger partial charge in [0.2, 0.25) is 0 Å². The van der Waals surface area contributed by atoms with Crippen LogP contribution in [-0.4, -0.2) is 39.4 Å². The van der Waals surface area contributed by atoms with Gasteiger partial charge in [0.1, 0.15) is 0 Å². The van der Waals surface area contributed by atoms with Crippen LogP contribution in [0.15, 0.2) is 30.3 Å². The number of para-hydroxylation sites is 1. The van der Waals surface area contributed by atoms with Crippen LogP contribution in [0.5, 0.6) is 0 Å². The number of nitrogens with one attached hydrogen (secondary N) is 1. The van der Waals surface area contributed by atoms with Gasteiger partial charge in [0.05, 0.1) is 5.69 Å². The molecule has 0 aliphatic carbocycles. The van der Waals surface area contributed by atoms with Gasteiger partial charge < -0.3 is 14.8 Å². The molecule has 1 aromatic heterocycles. The highest BCUT2D eigenvalue weighted by Gasteiger charge is 2.29. The molecule has 0 atom stereocenters. The number of amides is 2. The van der Waals surface area contributed by atoms with E-state index in [9.17, 15) is 9.59 Å². The minimum absolute atomic E-state index is 0.0689. The van der Waals surface area contributed by atoms with Crippen molar-refractivity contribution < 1.29 is 9.59 Å². The van der Waals surface area contributed by atoms with Crippen molar-refractivity contribution in [1.82, 2.24) is 14.5 Å². The van der Waals surface area contributed by atoms with Gasteiger partial charge in [0.15, 0.2) is 11.5 Å². The first-order valence-electron chi connectivity index (χ1n) is 9.90. The van der Waals surface area contributed by atoms with Crippen molar-refractivity contribution in [3.63, 3.8) is 0 Å². The summed E-state index contributed by atoms with van der Waals surface area (Å²) < 4.78 is 1.96. The second-order valence-corrected chi connectivity index (χ2v) is 6.95. The van der Waals surface area contributed by atoms with E-state index >= 15 is 0 Å². The van der Waals surface area contributed by atoms with Crippen molar-refractivity contribution in [3.8, 4) is 0 Å². The SMILES string of the molecule is CCCN(CCC)C(=O)c1nc(C(=O)Nc2ccccc2)c2n1CCCC2. The van der Waals surface area contributed by atoms with Crippen LogP contribution in [0, 0.1) is 0 Å². The minimum Gasteiger partial charge on any atom is -0.336 e. The highest BCUT2D eigenvalue weighted by Crippen LogP contribution is 2.23. The van der Waals surface area contributed by atoms with E-state index < -0.39 is 0 Å². The van der Waals surface area contributed by atoms with Gasteiger partial charge in [0.25, 0.3) is 11.8 Å². The Labute approximate surface area is 160 Å². The Hall–Kier alpha value is -2.63. The van der Waals surface area contributed by atoms with Crippen LogP contribution in [0.25, 0.3) is 0 Å². The summed E-state index contributed by atoms with van der Waals surface area (Å²) in [4.78, 5) is 32.3. The summed E-state index contributed by atoms with van der Waals surface area (Å²) in [7, 11) is 0. The number of fused-ring (bicyclic) bond motifs is 1. The largest absolute Gasteiger partial charge is 0.336 e.